The minimum atomic E-state index is -1.08. The summed E-state index contributed by atoms with van der Waals surface area (Å²) >= 11 is 3.25. The number of nitro groups is 1. The molecule has 1 N–H and O–H groups in total. The van der Waals surface area contributed by atoms with E-state index in [1.807, 2.05) is 0 Å². The van der Waals surface area contributed by atoms with Gasteiger partial charge in [-0.2, -0.15) is 0 Å². The quantitative estimate of drug-likeness (QED) is 0.605. The molecule has 0 saturated carbocycles. The second-order valence-electron chi connectivity index (χ2n) is 4.51. The van der Waals surface area contributed by atoms with Crippen LogP contribution in [0.1, 0.15) is 15.9 Å². The Balaban J connectivity index is 2.19. The Morgan fingerprint density at radius 1 is 1.30 bits per heavy atom. The number of ether oxygens (including phenoxy) is 2. The number of methoxy groups -OCH3 is 1. The zero-order chi connectivity index (χ0) is 17.0. The number of hydrogen-bond donors (Lipinski definition) is 1. The van der Waals surface area contributed by atoms with E-state index in [9.17, 15) is 14.9 Å². The number of carbonyl (C=O) groups is 1. The van der Waals surface area contributed by atoms with Gasteiger partial charge in [-0.25, -0.2) is 4.79 Å². The van der Waals surface area contributed by atoms with E-state index in [4.69, 9.17) is 14.6 Å². The Bertz CT molecular complexity index is 744. The van der Waals surface area contributed by atoms with Crippen LogP contribution in [0.2, 0.25) is 0 Å². The molecule has 8 heteroatoms. The molecular formula is C15H12BrNO6. The summed E-state index contributed by atoms with van der Waals surface area (Å²) in [7, 11) is 1.41. The van der Waals surface area contributed by atoms with Gasteiger partial charge in [-0.1, -0.05) is 0 Å². The molecule has 23 heavy (non-hydrogen) atoms. The maximum Gasteiger partial charge on any atom is 0.335 e. The Labute approximate surface area is 139 Å². The highest BCUT2D eigenvalue weighted by Gasteiger charge is 2.15. The molecule has 0 spiro atoms. The smallest absolute Gasteiger partial charge is 0.335 e. The Kier molecular flexibility index (Phi) is 5.17. The van der Waals surface area contributed by atoms with E-state index in [1.54, 1.807) is 12.1 Å². The van der Waals surface area contributed by atoms with Gasteiger partial charge in [0.25, 0.3) is 5.69 Å². The average molecular weight is 382 g/mol. The summed E-state index contributed by atoms with van der Waals surface area (Å²) in [4.78, 5) is 21.2. The van der Waals surface area contributed by atoms with E-state index in [0.717, 1.165) is 5.56 Å². The van der Waals surface area contributed by atoms with Crippen molar-refractivity contribution in [3.05, 3.63) is 62.1 Å². The third-order valence-electron chi connectivity index (χ3n) is 3.01. The molecule has 0 fully saturated rings. The Hall–Kier alpha value is -2.61. The summed E-state index contributed by atoms with van der Waals surface area (Å²) in [5.74, 6) is -0.444. The van der Waals surface area contributed by atoms with Crippen molar-refractivity contribution in [2.75, 3.05) is 7.11 Å². The third kappa shape index (κ3) is 3.98. The summed E-state index contributed by atoms with van der Waals surface area (Å²) in [6.45, 7) is 0.152. The van der Waals surface area contributed by atoms with Crippen molar-refractivity contribution in [2.24, 2.45) is 0 Å². The van der Waals surface area contributed by atoms with E-state index in [-0.39, 0.29) is 23.6 Å². The lowest BCUT2D eigenvalue weighted by Gasteiger charge is -2.13. The molecule has 0 heterocycles. The highest BCUT2D eigenvalue weighted by atomic mass is 79.9. The molecular weight excluding hydrogens is 370 g/mol. The summed E-state index contributed by atoms with van der Waals surface area (Å²) in [5.41, 5.74) is 0.793. The zero-order valence-electron chi connectivity index (χ0n) is 12.0. The number of aromatic carboxylic acids is 1. The molecule has 0 amide bonds. The van der Waals surface area contributed by atoms with E-state index < -0.39 is 10.9 Å². The van der Waals surface area contributed by atoms with E-state index in [2.05, 4.69) is 15.9 Å². The fourth-order valence-electron chi connectivity index (χ4n) is 1.85. The Morgan fingerprint density at radius 3 is 2.48 bits per heavy atom. The molecule has 0 aliphatic heterocycles. The monoisotopic (exact) mass is 381 g/mol. The molecule has 0 aliphatic carbocycles. The first-order chi connectivity index (χ1) is 10.9. The number of carboxylic acids is 1. The normalized spacial score (nSPS) is 10.2. The number of rotatable bonds is 6. The van der Waals surface area contributed by atoms with Gasteiger partial charge in [-0.15, -0.1) is 0 Å². The van der Waals surface area contributed by atoms with Crippen LogP contribution < -0.4 is 9.47 Å². The molecule has 0 atom stereocenters. The number of non-ortho nitro benzene ring substituents is 1. The lowest BCUT2D eigenvalue weighted by Crippen LogP contribution is -2.02. The molecule has 120 valence electrons. The van der Waals surface area contributed by atoms with Gasteiger partial charge >= 0.3 is 5.97 Å². The van der Waals surface area contributed by atoms with Crippen LogP contribution in [0, 0.1) is 10.1 Å². The number of carboxylic acid groups (broad SMARTS) is 1. The topological polar surface area (TPSA) is 98.9 Å². The first kappa shape index (κ1) is 16.8. The lowest BCUT2D eigenvalue weighted by molar-refractivity contribution is -0.384. The van der Waals surface area contributed by atoms with Crippen LogP contribution in [0.15, 0.2) is 40.9 Å². The van der Waals surface area contributed by atoms with Gasteiger partial charge in [-0.3, -0.25) is 10.1 Å². The van der Waals surface area contributed by atoms with Crippen molar-refractivity contribution in [1.82, 2.24) is 0 Å². The molecule has 0 radical (unpaired) electrons. The van der Waals surface area contributed by atoms with Gasteiger partial charge in [0, 0.05) is 12.1 Å². The van der Waals surface area contributed by atoms with E-state index >= 15 is 0 Å². The lowest BCUT2D eigenvalue weighted by atomic mass is 10.2. The van der Waals surface area contributed by atoms with E-state index in [0.29, 0.717) is 10.2 Å². The molecule has 0 aliphatic rings. The van der Waals surface area contributed by atoms with Crippen LogP contribution in [0.3, 0.4) is 0 Å². The van der Waals surface area contributed by atoms with E-state index in [1.165, 1.54) is 31.4 Å². The van der Waals surface area contributed by atoms with Crippen molar-refractivity contribution < 1.29 is 24.3 Å². The van der Waals surface area contributed by atoms with Crippen LogP contribution in [-0.4, -0.2) is 23.1 Å². The van der Waals surface area contributed by atoms with Crippen molar-refractivity contribution >= 4 is 27.6 Å². The molecule has 2 aromatic carbocycles. The molecule has 0 aromatic heterocycles. The molecule has 2 rings (SSSR count). The summed E-state index contributed by atoms with van der Waals surface area (Å²) in [6.07, 6.45) is 0. The van der Waals surface area contributed by atoms with Gasteiger partial charge < -0.3 is 14.6 Å². The summed E-state index contributed by atoms with van der Waals surface area (Å²) < 4.78 is 11.2. The van der Waals surface area contributed by atoms with Crippen LogP contribution in [-0.2, 0) is 6.61 Å². The molecule has 2 aromatic rings. The number of nitro benzene ring substituents is 1. The van der Waals surface area contributed by atoms with Gasteiger partial charge in [0.1, 0.15) is 6.61 Å². The van der Waals surface area contributed by atoms with Crippen molar-refractivity contribution in [2.45, 2.75) is 6.61 Å². The number of halogens is 1. The maximum absolute atomic E-state index is 11.0. The van der Waals surface area contributed by atoms with Crippen LogP contribution in [0.4, 0.5) is 5.69 Å². The molecule has 0 saturated heterocycles. The first-order valence-corrected chi connectivity index (χ1v) is 7.18. The number of nitrogens with zero attached hydrogens (tertiary/aromatic N) is 1. The third-order valence-corrected chi connectivity index (χ3v) is 3.60. The SMILES string of the molecule is COc1cc(C(=O)O)cc(Br)c1OCc1ccc([N+](=O)[O-])cc1. The second-order valence-corrected chi connectivity index (χ2v) is 5.36. The molecule has 0 bridgehead atoms. The predicted octanol–water partition coefficient (Wildman–Crippen LogP) is 3.64. The predicted molar refractivity (Wildman–Crippen MR) is 85.1 cm³/mol. The van der Waals surface area contributed by atoms with Crippen LogP contribution in [0.5, 0.6) is 11.5 Å². The second kappa shape index (κ2) is 7.10. The highest BCUT2D eigenvalue weighted by molar-refractivity contribution is 9.10. The van der Waals surface area contributed by atoms with Gasteiger partial charge in [-0.05, 0) is 45.8 Å². The van der Waals surface area contributed by atoms with Crippen LogP contribution in [0.25, 0.3) is 0 Å². The maximum atomic E-state index is 11.0. The number of hydrogen-bond acceptors (Lipinski definition) is 5. The zero-order valence-corrected chi connectivity index (χ0v) is 13.6. The largest absolute Gasteiger partial charge is 0.493 e. The van der Waals surface area contributed by atoms with Gasteiger partial charge in [0.15, 0.2) is 11.5 Å². The van der Waals surface area contributed by atoms with Gasteiger partial charge in [0.05, 0.1) is 22.1 Å². The summed E-state index contributed by atoms with van der Waals surface area (Å²) in [6, 6.07) is 8.72. The molecule has 7 nitrogen and oxygen atoms in total. The fourth-order valence-corrected chi connectivity index (χ4v) is 2.41. The Morgan fingerprint density at radius 2 is 1.96 bits per heavy atom. The standard InChI is InChI=1S/C15H12BrNO6/c1-22-13-7-10(15(18)19)6-12(16)14(13)23-8-9-2-4-11(5-3-9)17(20)21/h2-7H,8H2,1H3,(H,18,19). The minimum Gasteiger partial charge on any atom is -0.493 e. The minimum absolute atomic E-state index is 0.00155. The van der Waals surface area contributed by atoms with Crippen LogP contribution >= 0.6 is 15.9 Å². The average Bonchev–Trinajstić information content (AvgIpc) is 2.53. The van der Waals surface area contributed by atoms with Gasteiger partial charge in [0.2, 0.25) is 0 Å². The summed E-state index contributed by atoms with van der Waals surface area (Å²) in [5, 5.41) is 19.6. The fraction of sp³-hybridized carbons (Fsp3) is 0.133. The van der Waals surface area contributed by atoms with Crippen molar-refractivity contribution in [3.63, 3.8) is 0 Å². The highest BCUT2D eigenvalue weighted by Crippen LogP contribution is 2.37. The van der Waals surface area contributed by atoms with Crippen molar-refractivity contribution in [3.8, 4) is 11.5 Å². The van der Waals surface area contributed by atoms with Crippen molar-refractivity contribution in [1.29, 1.82) is 0 Å². The molecule has 0 unspecified atom stereocenters. The number of benzene rings is 2. The first-order valence-electron chi connectivity index (χ1n) is 6.39.